The highest BCUT2D eigenvalue weighted by molar-refractivity contribution is 5.96. The van der Waals surface area contributed by atoms with Gasteiger partial charge in [-0.05, 0) is 92.1 Å². The van der Waals surface area contributed by atoms with Gasteiger partial charge < -0.3 is 30.7 Å². The molecule has 2 saturated heterocycles. The van der Waals surface area contributed by atoms with Crippen molar-refractivity contribution in [1.82, 2.24) is 25.0 Å². The summed E-state index contributed by atoms with van der Waals surface area (Å²) >= 11 is 0. The van der Waals surface area contributed by atoms with Crippen LogP contribution in [0.4, 0.5) is 29.5 Å². The van der Waals surface area contributed by atoms with Crippen LogP contribution in [0, 0.1) is 11.3 Å². The molecular formula is C41H52F3N7O4. The molecule has 11 nitrogen and oxygen atoms in total. The maximum absolute atomic E-state index is 14.7. The van der Waals surface area contributed by atoms with Crippen LogP contribution in [0.3, 0.4) is 0 Å². The molecule has 0 saturated carbocycles. The van der Waals surface area contributed by atoms with Gasteiger partial charge in [0, 0.05) is 51.2 Å². The first-order chi connectivity index (χ1) is 26.3. The molecule has 0 radical (unpaired) electrons. The monoisotopic (exact) mass is 763 g/mol. The van der Waals surface area contributed by atoms with Gasteiger partial charge in [0.05, 0.1) is 17.8 Å². The molecule has 0 unspecified atom stereocenters. The number of hydrogen-bond donors (Lipinski definition) is 3. The van der Waals surface area contributed by atoms with E-state index >= 15 is 0 Å². The highest BCUT2D eigenvalue weighted by atomic mass is 19.4. The van der Waals surface area contributed by atoms with Crippen molar-refractivity contribution in [1.29, 1.82) is 0 Å². The fourth-order valence-corrected chi connectivity index (χ4v) is 7.64. The van der Waals surface area contributed by atoms with E-state index in [4.69, 9.17) is 0 Å². The second-order valence-electron chi connectivity index (χ2n) is 14.5. The molecule has 0 bridgehead atoms. The van der Waals surface area contributed by atoms with Crippen LogP contribution < -0.4 is 16.0 Å². The Labute approximate surface area is 321 Å². The quantitative estimate of drug-likeness (QED) is 0.185. The number of likely N-dealkylation sites (tertiary alicyclic amines) is 2. The summed E-state index contributed by atoms with van der Waals surface area (Å²) in [7, 11) is 1.84. The van der Waals surface area contributed by atoms with Crippen molar-refractivity contribution >= 4 is 35.3 Å². The van der Waals surface area contributed by atoms with Gasteiger partial charge in [-0.2, -0.15) is 13.2 Å². The Morgan fingerprint density at radius 2 is 1.51 bits per heavy atom. The molecule has 2 aliphatic heterocycles. The van der Waals surface area contributed by atoms with Crippen molar-refractivity contribution in [2.75, 3.05) is 50.4 Å². The van der Waals surface area contributed by atoms with E-state index < -0.39 is 23.4 Å². The Bertz CT molecular complexity index is 1790. The number of alkyl halides is 3. The van der Waals surface area contributed by atoms with E-state index in [1.54, 1.807) is 46.3 Å². The summed E-state index contributed by atoms with van der Waals surface area (Å²) in [6.45, 7) is 5.13. The van der Waals surface area contributed by atoms with E-state index in [2.05, 4.69) is 20.9 Å². The number of nitrogens with one attached hydrogen (secondary N) is 3. The Balaban J connectivity index is 1.30. The van der Waals surface area contributed by atoms with Gasteiger partial charge in [0.15, 0.2) is 0 Å². The number of rotatable bonds is 13. The number of carbonyl (C=O) groups excluding carboxylic acids is 4. The number of aromatic nitrogens is 1. The van der Waals surface area contributed by atoms with Crippen LogP contribution in [0.1, 0.15) is 68.2 Å². The lowest BCUT2D eigenvalue weighted by Crippen LogP contribution is -2.55. The average Bonchev–Trinajstić information content (AvgIpc) is 3.18. The molecule has 3 heterocycles. The molecule has 14 heteroatoms. The maximum atomic E-state index is 14.7. The molecule has 0 atom stereocenters. The lowest BCUT2D eigenvalue weighted by molar-refractivity contribution is -0.183. The minimum atomic E-state index is -4.26. The van der Waals surface area contributed by atoms with Gasteiger partial charge in [-0.1, -0.05) is 50.2 Å². The number of aryl methyl sites for hydroxylation is 1. The molecule has 0 aliphatic carbocycles. The van der Waals surface area contributed by atoms with Crippen LogP contribution >= 0.6 is 0 Å². The number of halogens is 3. The van der Waals surface area contributed by atoms with Crippen LogP contribution in [0.5, 0.6) is 0 Å². The normalized spacial score (nSPS) is 16.0. The smallest absolute Gasteiger partial charge is 0.329 e. The molecule has 2 aromatic carbocycles. The van der Waals surface area contributed by atoms with E-state index in [-0.39, 0.29) is 76.4 Å². The topological polar surface area (TPSA) is 127 Å². The van der Waals surface area contributed by atoms with Gasteiger partial charge in [0.2, 0.25) is 17.7 Å². The molecular weight excluding hydrogens is 711 g/mol. The Morgan fingerprint density at radius 1 is 0.836 bits per heavy atom. The van der Waals surface area contributed by atoms with E-state index in [1.807, 2.05) is 51.2 Å². The summed E-state index contributed by atoms with van der Waals surface area (Å²) in [5.41, 5.74) is 3.28. The molecule has 5 amide bonds. The first-order valence-corrected chi connectivity index (χ1v) is 19.1. The molecule has 1 aromatic heterocycles. The van der Waals surface area contributed by atoms with E-state index in [0.29, 0.717) is 43.7 Å². The summed E-state index contributed by atoms with van der Waals surface area (Å²) < 4.78 is 39.7. The van der Waals surface area contributed by atoms with Crippen molar-refractivity contribution in [3.05, 3.63) is 89.1 Å². The minimum Gasteiger partial charge on any atom is -0.329 e. The summed E-state index contributed by atoms with van der Waals surface area (Å²) in [4.78, 5) is 63.6. The molecule has 55 heavy (non-hydrogen) atoms. The summed E-state index contributed by atoms with van der Waals surface area (Å²) in [6, 6.07) is 18.2. The Morgan fingerprint density at radius 3 is 2.13 bits per heavy atom. The van der Waals surface area contributed by atoms with Crippen LogP contribution in [0.15, 0.2) is 66.9 Å². The lowest BCUT2D eigenvalue weighted by atomic mass is 9.74. The standard InChI is InChI=1S/C41H52F3N7O4/c1-4-29-13-14-34(24-32(29)25-36(52)48-35-12-8-9-19-46-35)47-37(53)28-51(27-31-11-7-6-10-30(31)26-45-3)38(54)40(5-2)17-22-50(23-18-40)39(55)49-20-15-33(16-21-49)41(42,43)44/h6-14,19,24,33,45H,4-5,15-18,20-23,25-28H2,1-3H3,(H,47,53)(H,46,48,52). The number of anilines is 2. The Kier molecular flexibility index (Phi) is 13.9. The van der Waals surface area contributed by atoms with Crippen molar-refractivity contribution in [2.24, 2.45) is 11.3 Å². The number of nitrogens with zero attached hydrogens (tertiary/aromatic N) is 4. The number of urea groups is 1. The third kappa shape index (κ3) is 10.6. The SMILES string of the molecule is CCc1ccc(NC(=O)CN(Cc2ccccc2CNC)C(=O)C2(CC)CCN(C(=O)N3CCC(C(F)(F)F)CC3)CC2)cc1CC(=O)Nc1ccccn1. The maximum Gasteiger partial charge on any atom is 0.391 e. The van der Waals surface area contributed by atoms with Crippen LogP contribution in [0.25, 0.3) is 0 Å². The Hall–Kier alpha value is -4.98. The number of hydrogen-bond acceptors (Lipinski definition) is 6. The van der Waals surface area contributed by atoms with Crippen molar-refractivity contribution in [3.8, 4) is 0 Å². The molecule has 3 aromatic rings. The predicted octanol–water partition coefficient (Wildman–Crippen LogP) is 6.40. The minimum absolute atomic E-state index is 0.0489. The van der Waals surface area contributed by atoms with Crippen molar-refractivity contribution in [2.45, 2.75) is 78.1 Å². The lowest BCUT2D eigenvalue weighted by Gasteiger charge is -2.44. The first-order valence-electron chi connectivity index (χ1n) is 19.1. The molecule has 2 fully saturated rings. The fourth-order valence-electron chi connectivity index (χ4n) is 7.64. The van der Waals surface area contributed by atoms with E-state index in [0.717, 1.165) is 22.3 Å². The van der Waals surface area contributed by atoms with E-state index in [1.165, 1.54) is 4.90 Å². The van der Waals surface area contributed by atoms with Gasteiger partial charge >= 0.3 is 12.2 Å². The first kappa shape index (κ1) is 41.2. The van der Waals surface area contributed by atoms with Gasteiger partial charge in [-0.25, -0.2) is 9.78 Å². The number of carbonyl (C=O) groups is 4. The number of benzene rings is 2. The zero-order chi connectivity index (χ0) is 39.6. The second-order valence-corrected chi connectivity index (χ2v) is 14.5. The zero-order valence-corrected chi connectivity index (χ0v) is 31.9. The summed E-state index contributed by atoms with van der Waals surface area (Å²) in [6.07, 6.45) is -0.899. The molecule has 296 valence electrons. The second kappa shape index (κ2) is 18.6. The largest absolute Gasteiger partial charge is 0.391 e. The van der Waals surface area contributed by atoms with Crippen molar-refractivity contribution < 1.29 is 32.3 Å². The third-order valence-electron chi connectivity index (χ3n) is 11.0. The van der Waals surface area contributed by atoms with Gasteiger partial charge in [-0.15, -0.1) is 0 Å². The zero-order valence-electron chi connectivity index (χ0n) is 31.9. The van der Waals surface area contributed by atoms with Crippen LogP contribution in [-0.4, -0.2) is 89.4 Å². The fraction of sp³-hybridized carbons (Fsp3) is 0.488. The van der Waals surface area contributed by atoms with Crippen LogP contribution in [0.2, 0.25) is 0 Å². The predicted molar refractivity (Wildman–Crippen MR) is 205 cm³/mol. The van der Waals surface area contributed by atoms with Crippen LogP contribution in [-0.2, 0) is 40.3 Å². The van der Waals surface area contributed by atoms with Gasteiger partial charge in [-0.3, -0.25) is 14.4 Å². The van der Waals surface area contributed by atoms with E-state index in [9.17, 15) is 32.3 Å². The molecule has 3 N–H and O–H groups in total. The van der Waals surface area contributed by atoms with Gasteiger partial charge in [0.1, 0.15) is 12.4 Å². The highest BCUT2D eigenvalue weighted by Crippen LogP contribution is 2.39. The number of amides is 5. The number of piperidine rings is 2. The average molecular weight is 764 g/mol. The third-order valence-corrected chi connectivity index (χ3v) is 11.0. The summed E-state index contributed by atoms with van der Waals surface area (Å²) in [5.74, 6) is -1.77. The van der Waals surface area contributed by atoms with Gasteiger partial charge in [0.25, 0.3) is 0 Å². The summed E-state index contributed by atoms with van der Waals surface area (Å²) in [5, 5.41) is 8.92. The highest BCUT2D eigenvalue weighted by Gasteiger charge is 2.45. The molecule has 2 aliphatic rings. The molecule has 5 rings (SSSR count). The van der Waals surface area contributed by atoms with Crippen molar-refractivity contribution in [3.63, 3.8) is 0 Å². The number of pyridine rings is 1. The molecule has 0 spiro atoms.